The molecule has 4 nitrogen and oxygen atoms in total. The van der Waals surface area contributed by atoms with Crippen LogP contribution in [0.15, 0.2) is 11.9 Å². The third-order valence-electron chi connectivity index (χ3n) is 2.47. The Balaban J connectivity index is 4.49. The topological polar surface area (TPSA) is 67.2 Å². The molecule has 0 aromatic heterocycles. The van der Waals surface area contributed by atoms with Crippen LogP contribution in [-0.2, 0) is 4.79 Å². The van der Waals surface area contributed by atoms with Gasteiger partial charge in [-0.05, 0) is 19.4 Å². The van der Waals surface area contributed by atoms with Crippen molar-refractivity contribution in [2.24, 2.45) is 17.6 Å². The van der Waals surface area contributed by atoms with Crippen LogP contribution in [0.3, 0.4) is 0 Å². The van der Waals surface area contributed by atoms with Crippen molar-refractivity contribution in [3.8, 4) is 0 Å². The summed E-state index contributed by atoms with van der Waals surface area (Å²) in [6.45, 7) is 8.71. The second kappa shape index (κ2) is 8.12. The van der Waals surface area contributed by atoms with Gasteiger partial charge < -0.3 is 16.4 Å². The molecule has 0 aliphatic heterocycles. The summed E-state index contributed by atoms with van der Waals surface area (Å²) in [6.07, 6.45) is 2.57. The molecule has 0 unspecified atom stereocenters. The summed E-state index contributed by atoms with van der Waals surface area (Å²) < 4.78 is 0. The number of carbonyl (C=O) groups is 1. The van der Waals surface area contributed by atoms with E-state index < -0.39 is 0 Å². The molecule has 0 saturated heterocycles. The maximum absolute atomic E-state index is 12.0. The molecule has 0 aliphatic carbocycles. The Hall–Kier alpha value is -1.03. The molecular weight excluding hydrogens is 214 g/mol. The fraction of sp³-hybridized carbons (Fsp3) is 0.769. The molecule has 0 fully saturated rings. The van der Waals surface area contributed by atoms with Gasteiger partial charge in [-0.1, -0.05) is 27.7 Å². The van der Waals surface area contributed by atoms with E-state index in [0.29, 0.717) is 18.2 Å². The molecule has 17 heavy (non-hydrogen) atoms. The standard InChI is InChI=1S/C13H27N3O/c1-9(2)6-12(13(17)10(3)4)16-8-11(14)7-15-5/h8-10,12,15-16H,6-7,14H2,1-5H3/b11-8-/t12-/m0/s1. The van der Waals surface area contributed by atoms with E-state index in [4.69, 9.17) is 5.73 Å². The Morgan fingerprint density at radius 3 is 2.29 bits per heavy atom. The van der Waals surface area contributed by atoms with Crippen molar-refractivity contribution in [2.75, 3.05) is 13.6 Å². The SMILES string of the molecule is CNC/C(N)=C/N[C@@H](CC(C)C)C(=O)C(C)C. The van der Waals surface area contributed by atoms with Gasteiger partial charge >= 0.3 is 0 Å². The second-order valence-electron chi connectivity index (χ2n) is 5.16. The molecule has 0 aliphatic rings. The highest BCUT2D eigenvalue weighted by atomic mass is 16.1. The van der Waals surface area contributed by atoms with Crippen molar-refractivity contribution in [1.29, 1.82) is 0 Å². The molecule has 0 rings (SSSR count). The Kier molecular flexibility index (Phi) is 7.63. The van der Waals surface area contributed by atoms with Gasteiger partial charge in [0.15, 0.2) is 5.78 Å². The zero-order valence-corrected chi connectivity index (χ0v) is 11.7. The first-order chi connectivity index (χ1) is 7.88. The minimum absolute atomic E-state index is 0.0465. The number of ketones is 1. The molecule has 0 heterocycles. The quantitative estimate of drug-likeness (QED) is 0.598. The van der Waals surface area contributed by atoms with Crippen LogP contribution in [-0.4, -0.2) is 25.4 Å². The highest BCUT2D eigenvalue weighted by Crippen LogP contribution is 2.10. The minimum Gasteiger partial charge on any atom is -0.400 e. The lowest BCUT2D eigenvalue weighted by Crippen LogP contribution is -2.38. The summed E-state index contributed by atoms with van der Waals surface area (Å²) in [5.41, 5.74) is 6.47. The monoisotopic (exact) mass is 241 g/mol. The first-order valence-corrected chi connectivity index (χ1v) is 6.27. The number of rotatable bonds is 8. The fourth-order valence-electron chi connectivity index (χ4n) is 1.60. The molecule has 4 N–H and O–H groups in total. The lowest BCUT2D eigenvalue weighted by atomic mass is 9.94. The van der Waals surface area contributed by atoms with Crippen LogP contribution >= 0.6 is 0 Å². The van der Waals surface area contributed by atoms with Crippen molar-refractivity contribution in [1.82, 2.24) is 10.6 Å². The Morgan fingerprint density at radius 2 is 1.88 bits per heavy atom. The van der Waals surface area contributed by atoms with Gasteiger partial charge in [-0.25, -0.2) is 0 Å². The number of carbonyl (C=O) groups excluding carboxylic acids is 1. The molecule has 0 aromatic rings. The van der Waals surface area contributed by atoms with Crippen LogP contribution in [0, 0.1) is 11.8 Å². The molecule has 0 amide bonds. The lowest BCUT2D eigenvalue weighted by Gasteiger charge is -2.20. The third-order valence-corrected chi connectivity index (χ3v) is 2.47. The Labute approximate surface area is 105 Å². The number of hydrogen-bond donors (Lipinski definition) is 3. The van der Waals surface area contributed by atoms with Crippen LogP contribution in [0.4, 0.5) is 0 Å². The molecule has 4 heteroatoms. The molecule has 1 atom stereocenters. The van der Waals surface area contributed by atoms with E-state index in [9.17, 15) is 4.79 Å². The van der Waals surface area contributed by atoms with Gasteiger partial charge in [0.1, 0.15) is 0 Å². The van der Waals surface area contributed by atoms with E-state index >= 15 is 0 Å². The van der Waals surface area contributed by atoms with Crippen LogP contribution in [0.5, 0.6) is 0 Å². The minimum atomic E-state index is -0.134. The van der Waals surface area contributed by atoms with Gasteiger partial charge in [0.25, 0.3) is 0 Å². The smallest absolute Gasteiger partial charge is 0.157 e. The van der Waals surface area contributed by atoms with Crippen molar-refractivity contribution >= 4 is 5.78 Å². The highest BCUT2D eigenvalue weighted by Gasteiger charge is 2.20. The van der Waals surface area contributed by atoms with Gasteiger partial charge in [-0.2, -0.15) is 0 Å². The van der Waals surface area contributed by atoms with Crippen molar-refractivity contribution in [2.45, 2.75) is 40.2 Å². The van der Waals surface area contributed by atoms with Crippen molar-refractivity contribution in [3.63, 3.8) is 0 Å². The summed E-state index contributed by atoms with van der Waals surface area (Å²) in [7, 11) is 1.84. The van der Waals surface area contributed by atoms with E-state index in [0.717, 1.165) is 6.42 Å². The molecule has 0 saturated carbocycles. The van der Waals surface area contributed by atoms with Crippen LogP contribution < -0.4 is 16.4 Å². The lowest BCUT2D eigenvalue weighted by molar-refractivity contribution is -0.124. The molecule has 0 spiro atoms. The largest absolute Gasteiger partial charge is 0.400 e. The van der Waals surface area contributed by atoms with E-state index in [1.165, 1.54) is 0 Å². The number of hydrogen-bond acceptors (Lipinski definition) is 4. The molecule has 0 radical (unpaired) electrons. The average molecular weight is 241 g/mol. The summed E-state index contributed by atoms with van der Waals surface area (Å²) >= 11 is 0. The van der Waals surface area contributed by atoms with Crippen molar-refractivity contribution < 1.29 is 4.79 Å². The van der Waals surface area contributed by atoms with E-state index in [1.54, 1.807) is 6.20 Å². The molecule has 0 bridgehead atoms. The van der Waals surface area contributed by atoms with Gasteiger partial charge in [0, 0.05) is 24.4 Å². The summed E-state index contributed by atoms with van der Waals surface area (Å²) in [4.78, 5) is 12.0. The second-order valence-corrected chi connectivity index (χ2v) is 5.16. The zero-order valence-electron chi connectivity index (χ0n) is 11.7. The number of nitrogens with one attached hydrogen (secondary N) is 2. The first-order valence-electron chi connectivity index (χ1n) is 6.27. The third kappa shape index (κ3) is 7.00. The van der Waals surface area contributed by atoms with E-state index in [2.05, 4.69) is 24.5 Å². The summed E-state index contributed by atoms with van der Waals surface area (Å²) in [6, 6.07) is -0.134. The maximum Gasteiger partial charge on any atom is 0.157 e. The number of nitrogens with two attached hydrogens (primary N) is 1. The summed E-state index contributed by atoms with van der Waals surface area (Å²) in [5.74, 6) is 0.770. The van der Waals surface area contributed by atoms with E-state index in [1.807, 2.05) is 20.9 Å². The summed E-state index contributed by atoms with van der Waals surface area (Å²) in [5, 5.41) is 6.11. The maximum atomic E-state index is 12.0. The average Bonchev–Trinajstić information content (AvgIpc) is 2.23. The van der Waals surface area contributed by atoms with Gasteiger partial charge in [-0.3, -0.25) is 4.79 Å². The van der Waals surface area contributed by atoms with Crippen LogP contribution in [0.1, 0.15) is 34.1 Å². The van der Waals surface area contributed by atoms with Gasteiger partial charge in [0.05, 0.1) is 6.04 Å². The van der Waals surface area contributed by atoms with Crippen LogP contribution in [0.25, 0.3) is 0 Å². The molecule has 100 valence electrons. The number of likely N-dealkylation sites (N-methyl/N-ethyl adjacent to an activating group) is 1. The fourth-order valence-corrected chi connectivity index (χ4v) is 1.60. The molecular formula is C13H27N3O. The van der Waals surface area contributed by atoms with Gasteiger partial charge in [0.2, 0.25) is 0 Å². The van der Waals surface area contributed by atoms with Gasteiger partial charge in [-0.15, -0.1) is 0 Å². The number of Topliss-reactive ketones (excluding diaryl/α,β-unsaturated/α-hetero) is 1. The molecule has 0 aromatic carbocycles. The normalized spacial score (nSPS) is 14.2. The zero-order chi connectivity index (χ0) is 13.4. The predicted octanol–water partition coefficient (Wildman–Crippen LogP) is 1.24. The Morgan fingerprint density at radius 1 is 1.29 bits per heavy atom. The highest BCUT2D eigenvalue weighted by molar-refractivity contribution is 5.85. The van der Waals surface area contributed by atoms with E-state index in [-0.39, 0.29) is 17.7 Å². The predicted molar refractivity (Wildman–Crippen MR) is 72.4 cm³/mol. The van der Waals surface area contributed by atoms with Crippen molar-refractivity contribution in [3.05, 3.63) is 11.9 Å². The van der Waals surface area contributed by atoms with Crippen LogP contribution in [0.2, 0.25) is 0 Å². The first kappa shape index (κ1) is 16.0. The Bertz CT molecular complexity index is 259.